The lowest BCUT2D eigenvalue weighted by Gasteiger charge is -2.26. The number of alkyl halides is 1. The fourth-order valence-electron chi connectivity index (χ4n) is 4.16. The maximum absolute atomic E-state index is 14.4. The minimum Gasteiger partial charge on any atom is -0.507 e. The SMILES string of the molecule is Cc1cc(-n2c(C(C)(C)CF)c(-c3ccc(C(=O)O)cc3)c3c(O)cc(F)cc32)ccc1F. The van der Waals surface area contributed by atoms with Crippen LogP contribution < -0.4 is 0 Å². The molecule has 0 bridgehead atoms. The molecule has 3 aromatic carbocycles. The fraction of sp³-hybridized carbons (Fsp3) is 0.192. The van der Waals surface area contributed by atoms with Gasteiger partial charge in [-0.05, 0) is 54.4 Å². The highest BCUT2D eigenvalue weighted by atomic mass is 19.1. The summed E-state index contributed by atoms with van der Waals surface area (Å²) in [6.07, 6.45) is 0. The minimum atomic E-state index is -1.10. The number of aromatic nitrogens is 1. The van der Waals surface area contributed by atoms with E-state index >= 15 is 0 Å². The van der Waals surface area contributed by atoms with Crippen molar-refractivity contribution in [2.45, 2.75) is 26.2 Å². The van der Waals surface area contributed by atoms with Gasteiger partial charge < -0.3 is 14.8 Å². The molecule has 0 aliphatic carbocycles. The lowest BCUT2D eigenvalue weighted by molar-refractivity contribution is 0.0697. The second-order valence-corrected chi connectivity index (χ2v) is 8.71. The van der Waals surface area contributed by atoms with Crippen LogP contribution in [0.15, 0.2) is 54.6 Å². The number of aryl methyl sites for hydroxylation is 1. The van der Waals surface area contributed by atoms with E-state index in [0.29, 0.717) is 28.1 Å². The van der Waals surface area contributed by atoms with E-state index in [-0.39, 0.29) is 22.2 Å². The van der Waals surface area contributed by atoms with Gasteiger partial charge in [-0.2, -0.15) is 0 Å². The van der Waals surface area contributed by atoms with Crippen LogP contribution in [0.1, 0.15) is 35.5 Å². The third-order valence-electron chi connectivity index (χ3n) is 5.81. The Kier molecular flexibility index (Phi) is 5.44. The van der Waals surface area contributed by atoms with Crippen LogP contribution in [0.2, 0.25) is 0 Å². The molecule has 0 radical (unpaired) electrons. The highest BCUT2D eigenvalue weighted by Crippen LogP contribution is 2.46. The lowest BCUT2D eigenvalue weighted by Crippen LogP contribution is -2.24. The van der Waals surface area contributed by atoms with Gasteiger partial charge in [0.1, 0.15) is 17.4 Å². The van der Waals surface area contributed by atoms with E-state index in [1.807, 2.05) is 0 Å². The van der Waals surface area contributed by atoms with Crippen molar-refractivity contribution in [2.24, 2.45) is 0 Å². The number of nitrogens with zero attached hydrogens (tertiary/aromatic N) is 1. The van der Waals surface area contributed by atoms with Crippen LogP contribution in [0.4, 0.5) is 13.2 Å². The van der Waals surface area contributed by atoms with Crippen LogP contribution in [0.25, 0.3) is 27.7 Å². The number of aromatic hydroxyl groups is 1. The number of carbonyl (C=O) groups is 1. The average Bonchev–Trinajstić information content (AvgIpc) is 3.12. The van der Waals surface area contributed by atoms with E-state index in [4.69, 9.17) is 0 Å². The van der Waals surface area contributed by atoms with Crippen LogP contribution in [0.5, 0.6) is 5.75 Å². The highest BCUT2D eigenvalue weighted by molar-refractivity contribution is 6.04. The van der Waals surface area contributed by atoms with E-state index in [1.54, 1.807) is 43.5 Å². The second-order valence-electron chi connectivity index (χ2n) is 8.71. The maximum Gasteiger partial charge on any atom is 0.335 e. The first kappa shape index (κ1) is 22.5. The van der Waals surface area contributed by atoms with Crippen molar-refractivity contribution in [1.29, 1.82) is 0 Å². The van der Waals surface area contributed by atoms with Crippen molar-refractivity contribution in [3.8, 4) is 22.6 Å². The Morgan fingerprint density at radius 3 is 2.27 bits per heavy atom. The zero-order valence-corrected chi connectivity index (χ0v) is 18.3. The molecule has 4 nitrogen and oxygen atoms in total. The Labute approximate surface area is 188 Å². The molecule has 0 aliphatic heterocycles. The number of aromatic carboxylic acids is 1. The molecule has 4 aromatic rings. The molecule has 0 fully saturated rings. The molecule has 0 spiro atoms. The summed E-state index contributed by atoms with van der Waals surface area (Å²) in [6, 6.07) is 12.5. The fourth-order valence-corrected chi connectivity index (χ4v) is 4.16. The molecular formula is C26H22F3NO3. The number of fused-ring (bicyclic) bond motifs is 1. The molecular weight excluding hydrogens is 431 g/mol. The van der Waals surface area contributed by atoms with Crippen molar-refractivity contribution < 1.29 is 28.2 Å². The predicted molar refractivity (Wildman–Crippen MR) is 121 cm³/mol. The van der Waals surface area contributed by atoms with E-state index in [2.05, 4.69) is 0 Å². The average molecular weight is 453 g/mol. The highest BCUT2D eigenvalue weighted by Gasteiger charge is 2.33. The Morgan fingerprint density at radius 1 is 1.03 bits per heavy atom. The summed E-state index contributed by atoms with van der Waals surface area (Å²) in [5.41, 5.74) is 1.51. The maximum atomic E-state index is 14.4. The van der Waals surface area contributed by atoms with Crippen molar-refractivity contribution in [3.63, 3.8) is 0 Å². The number of carboxylic acid groups (broad SMARTS) is 1. The minimum absolute atomic E-state index is 0.0678. The Bertz CT molecular complexity index is 1390. The molecule has 1 heterocycles. The molecule has 0 aliphatic rings. The van der Waals surface area contributed by atoms with Gasteiger partial charge in [0.05, 0.1) is 23.1 Å². The summed E-state index contributed by atoms with van der Waals surface area (Å²) in [5.74, 6) is -2.54. The molecule has 0 saturated carbocycles. The molecule has 7 heteroatoms. The van der Waals surface area contributed by atoms with Crippen molar-refractivity contribution in [1.82, 2.24) is 4.57 Å². The third kappa shape index (κ3) is 3.73. The molecule has 2 N–H and O–H groups in total. The van der Waals surface area contributed by atoms with Crippen molar-refractivity contribution >= 4 is 16.9 Å². The predicted octanol–water partition coefficient (Wildman–Crippen LogP) is 6.54. The molecule has 0 unspecified atom stereocenters. The van der Waals surface area contributed by atoms with Gasteiger partial charge in [-0.3, -0.25) is 4.39 Å². The zero-order valence-electron chi connectivity index (χ0n) is 18.3. The number of hydrogen-bond acceptors (Lipinski definition) is 2. The van der Waals surface area contributed by atoms with Gasteiger partial charge in [-0.1, -0.05) is 26.0 Å². The molecule has 0 atom stereocenters. The van der Waals surface area contributed by atoms with E-state index in [1.165, 1.54) is 30.3 Å². The molecule has 0 amide bonds. The van der Waals surface area contributed by atoms with Gasteiger partial charge in [0.2, 0.25) is 0 Å². The van der Waals surface area contributed by atoms with Gasteiger partial charge in [0.15, 0.2) is 0 Å². The molecule has 33 heavy (non-hydrogen) atoms. The van der Waals surface area contributed by atoms with Gasteiger partial charge in [0, 0.05) is 28.4 Å². The first-order valence-corrected chi connectivity index (χ1v) is 10.3. The molecule has 4 rings (SSSR count). The van der Waals surface area contributed by atoms with Crippen molar-refractivity contribution in [3.05, 3.63) is 83.1 Å². The summed E-state index contributed by atoms with van der Waals surface area (Å²) in [6.45, 7) is 4.17. The largest absolute Gasteiger partial charge is 0.507 e. The smallest absolute Gasteiger partial charge is 0.335 e. The van der Waals surface area contributed by atoms with Gasteiger partial charge in [-0.15, -0.1) is 0 Å². The number of hydrogen-bond donors (Lipinski definition) is 2. The van der Waals surface area contributed by atoms with Crippen LogP contribution in [-0.4, -0.2) is 27.4 Å². The summed E-state index contributed by atoms with van der Waals surface area (Å²) in [4.78, 5) is 11.3. The topological polar surface area (TPSA) is 62.5 Å². The van der Waals surface area contributed by atoms with Crippen LogP contribution in [0, 0.1) is 18.6 Å². The monoisotopic (exact) mass is 453 g/mol. The number of phenols is 1. The van der Waals surface area contributed by atoms with E-state index in [0.717, 1.165) is 6.07 Å². The van der Waals surface area contributed by atoms with Crippen LogP contribution >= 0.6 is 0 Å². The molecule has 170 valence electrons. The standard InChI is InChI=1S/C26H22F3NO3/c1-14-10-18(8-9-19(14)29)30-20-11-17(28)12-21(31)23(20)22(24(30)26(2,3)13-27)15-4-6-16(7-5-15)25(32)33/h4-12,31H,13H2,1-3H3,(H,32,33). The summed E-state index contributed by atoms with van der Waals surface area (Å²) in [5, 5.41) is 20.3. The van der Waals surface area contributed by atoms with Gasteiger partial charge in [0.25, 0.3) is 0 Å². The zero-order chi connectivity index (χ0) is 24.1. The Morgan fingerprint density at radius 2 is 1.70 bits per heavy atom. The van der Waals surface area contributed by atoms with Crippen LogP contribution in [0.3, 0.4) is 0 Å². The quantitative estimate of drug-likeness (QED) is 0.361. The summed E-state index contributed by atoms with van der Waals surface area (Å²) < 4.78 is 44.5. The summed E-state index contributed by atoms with van der Waals surface area (Å²) >= 11 is 0. The van der Waals surface area contributed by atoms with Gasteiger partial charge in [-0.25, -0.2) is 13.6 Å². The first-order valence-electron chi connectivity index (χ1n) is 10.3. The number of halogens is 3. The number of carboxylic acids is 1. The Hall–Kier alpha value is -3.74. The van der Waals surface area contributed by atoms with E-state index in [9.17, 15) is 28.2 Å². The van der Waals surface area contributed by atoms with E-state index < -0.39 is 29.7 Å². The molecule has 0 saturated heterocycles. The number of phenolic OH excluding ortho intramolecular Hbond substituents is 1. The normalized spacial score (nSPS) is 11.8. The Balaban J connectivity index is 2.20. The second kappa shape index (κ2) is 7.99. The third-order valence-corrected chi connectivity index (χ3v) is 5.81. The number of benzene rings is 3. The lowest BCUT2D eigenvalue weighted by atomic mass is 9.85. The summed E-state index contributed by atoms with van der Waals surface area (Å²) in [7, 11) is 0. The number of rotatable bonds is 5. The van der Waals surface area contributed by atoms with Gasteiger partial charge >= 0.3 is 5.97 Å². The van der Waals surface area contributed by atoms with Crippen molar-refractivity contribution in [2.75, 3.05) is 6.67 Å². The molecule has 1 aromatic heterocycles. The first-order chi connectivity index (χ1) is 15.5. The van der Waals surface area contributed by atoms with Crippen LogP contribution in [-0.2, 0) is 5.41 Å².